The van der Waals surface area contributed by atoms with Crippen LogP contribution in [0.4, 0.5) is 13.2 Å². The fraction of sp³-hybridized carbons (Fsp3) is 0.407. The largest absolute Gasteiger partial charge is 0.490 e. The zero-order valence-electron chi connectivity index (χ0n) is 23.2. The quantitative estimate of drug-likeness (QED) is 0.232. The van der Waals surface area contributed by atoms with Crippen molar-refractivity contribution in [1.82, 2.24) is 30.8 Å². The first-order valence-corrected chi connectivity index (χ1v) is 12.9. The molecule has 0 radical (unpaired) electrons. The minimum atomic E-state index is -5.08. The van der Waals surface area contributed by atoms with E-state index in [2.05, 4.69) is 26.2 Å². The van der Waals surface area contributed by atoms with Gasteiger partial charge in [0, 0.05) is 13.0 Å². The van der Waals surface area contributed by atoms with E-state index in [1.807, 2.05) is 60.7 Å². The van der Waals surface area contributed by atoms with Gasteiger partial charge in [-0.15, -0.1) is 5.10 Å². The summed E-state index contributed by atoms with van der Waals surface area (Å²) in [7, 11) is 0. The molecule has 15 heteroatoms. The van der Waals surface area contributed by atoms with Crippen LogP contribution in [0.25, 0.3) is 0 Å². The second-order valence-corrected chi connectivity index (χ2v) is 9.65. The van der Waals surface area contributed by atoms with Crippen molar-refractivity contribution in [2.24, 2.45) is 5.73 Å². The molecule has 42 heavy (non-hydrogen) atoms. The number of rotatable bonds is 13. The molecule has 0 aliphatic heterocycles. The predicted octanol–water partition coefficient (Wildman–Crippen LogP) is 2.17. The number of halogens is 3. The van der Waals surface area contributed by atoms with E-state index in [4.69, 9.17) is 20.4 Å². The second kappa shape index (κ2) is 16.2. The van der Waals surface area contributed by atoms with Gasteiger partial charge < -0.3 is 26.2 Å². The highest BCUT2D eigenvalue weighted by Gasteiger charge is 2.38. The Labute approximate surface area is 240 Å². The third kappa shape index (κ3) is 12.4. The molecule has 0 saturated carbocycles. The minimum absolute atomic E-state index is 0.105. The average Bonchev–Trinajstić information content (AvgIpc) is 3.40. The first kappa shape index (κ1) is 33.8. The number of tetrazole rings is 1. The maximum atomic E-state index is 12.6. The van der Waals surface area contributed by atoms with Gasteiger partial charge in [-0.1, -0.05) is 60.7 Å². The topological polar surface area (TPSA) is 174 Å². The third-order valence-electron chi connectivity index (χ3n) is 5.53. The molecule has 1 aromatic heterocycles. The Morgan fingerprint density at radius 3 is 2.14 bits per heavy atom. The summed E-state index contributed by atoms with van der Waals surface area (Å²) in [6.07, 6.45) is -4.13. The molecule has 0 spiro atoms. The highest BCUT2D eigenvalue weighted by atomic mass is 19.4. The normalized spacial score (nSPS) is 12.0. The van der Waals surface area contributed by atoms with E-state index in [0.717, 1.165) is 17.5 Å². The van der Waals surface area contributed by atoms with Gasteiger partial charge in [-0.05, 0) is 41.8 Å². The van der Waals surface area contributed by atoms with Crippen molar-refractivity contribution >= 4 is 17.8 Å². The monoisotopic (exact) mass is 593 g/mol. The minimum Gasteiger partial charge on any atom is -0.475 e. The summed E-state index contributed by atoms with van der Waals surface area (Å²) in [4.78, 5) is 33.8. The zero-order valence-corrected chi connectivity index (χ0v) is 23.2. The lowest BCUT2D eigenvalue weighted by molar-refractivity contribution is -0.192. The lowest BCUT2D eigenvalue weighted by Gasteiger charge is -2.23. The number of nitrogens with two attached hydrogens (primary N) is 1. The van der Waals surface area contributed by atoms with Gasteiger partial charge in [0.25, 0.3) is 0 Å². The van der Waals surface area contributed by atoms with E-state index >= 15 is 0 Å². The summed E-state index contributed by atoms with van der Waals surface area (Å²) >= 11 is 0. The molecule has 2 amide bonds. The number of aryl methyl sites for hydroxylation is 1. The predicted molar refractivity (Wildman–Crippen MR) is 145 cm³/mol. The number of carbonyl (C=O) groups excluding carboxylic acids is 2. The molecule has 0 saturated heterocycles. The number of hydrogen-bond donors (Lipinski definition) is 4. The number of nitrogens with zero attached hydrogens (tertiary/aromatic N) is 4. The van der Waals surface area contributed by atoms with Crippen LogP contribution in [0.3, 0.4) is 0 Å². The molecule has 3 rings (SSSR count). The van der Waals surface area contributed by atoms with E-state index < -0.39 is 23.7 Å². The van der Waals surface area contributed by atoms with Crippen molar-refractivity contribution in [1.29, 1.82) is 0 Å². The van der Waals surface area contributed by atoms with Crippen LogP contribution < -0.4 is 16.4 Å². The van der Waals surface area contributed by atoms with Crippen molar-refractivity contribution in [3.63, 3.8) is 0 Å². The van der Waals surface area contributed by atoms with E-state index in [1.165, 1.54) is 4.68 Å². The van der Waals surface area contributed by atoms with Crippen LogP contribution in [0, 0.1) is 0 Å². The number of carboxylic acids is 1. The number of carbonyl (C=O) groups is 3. The first-order chi connectivity index (χ1) is 19.8. The average molecular weight is 594 g/mol. The standard InChI is InChI=1S/C25H33N7O3.C2HF3O2/c1-25(2,26)24(34)28-21(18-35-17-20-11-7-4-8-12-20)23-29-30-31-32(23)16-14-22(33)27-15-13-19-9-5-3-6-10-19;3-2(4,5)1(6)7/h3-12,21H,13-18,26H2,1-2H3,(H,27,33)(H,28,34);(H,6,7)/t21-;/m1./s1. The van der Waals surface area contributed by atoms with Crippen LogP contribution in [0.1, 0.15) is 43.3 Å². The maximum absolute atomic E-state index is 12.6. The summed E-state index contributed by atoms with van der Waals surface area (Å²) < 4.78 is 39.1. The van der Waals surface area contributed by atoms with Gasteiger partial charge in [-0.25, -0.2) is 9.48 Å². The summed E-state index contributed by atoms with van der Waals surface area (Å²) in [6, 6.07) is 19.0. The molecule has 0 unspecified atom stereocenters. The number of alkyl halides is 3. The van der Waals surface area contributed by atoms with E-state index in [0.29, 0.717) is 19.0 Å². The smallest absolute Gasteiger partial charge is 0.475 e. The molecule has 2 aromatic carbocycles. The molecule has 0 bridgehead atoms. The number of amides is 2. The number of nitrogens with one attached hydrogen (secondary N) is 2. The lowest BCUT2D eigenvalue weighted by Crippen LogP contribution is -2.51. The van der Waals surface area contributed by atoms with Crippen LogP contribution in [-0.4, -0.2) is 68.0 Å². The highest BCUT2D eigenvalue weighted by molar-refractivity contribution is 5.85. The number of benzene rings is 2. The van der Waals surface area contributed by atoms with Gasteiger partial charge in [-0.2, -0.15) is 13.2 Å². The summed E-state index contributed by atoms with van der Waals surface area (Å²) in [5.74, 6) is -2.83. The van der Waals surface area contributed by atoms with Gasteiger partial charge in [0.1, 0.15) is 6.04 Å². The van der Waals surface area contributed by atoms with Crippen molar-refractivity contribution in [3.05, 3.63) is 77.6 Å². The molecule has 1 heterocycles. The van der Waals surface area contributed by atoms with E-state index in [1.54, 1.807) is 13.8 Å². The third-order valence-corrected chi connectivity index (χ3v) is 5.53. The van der Waals surface area contributed by atoms with Crippen LogP contribution in [-0.2, 0) is 38.7 Å². The number of aromatic nitrogens is 4. The molecule has 228 valence electrons. The van der Waals surface area contributed by atoms with Crippen LogP contribution >= 0.6 is 0 Å². The lowest BCUT2D eigenvalue weighted by atomic mass is 10.1. The second-order valence-electron chi connectivity index (χ2n) is 9.65. The molecule has 3 aromatic rings. The Hall–Kier alpha value is -4.37. The number of hydrogen-bond acceptors (Lipinski definition) is 8. The molecular weight excluding hydrogens is 559 g/mol. The van der Waals surface area contributed by atoms with Gasteiger partial charge in [0.15, 0.2) is 5.82 Å². The number of carboxylic acid groups (broad SMARTS) is 1. The van der Waals surface area contributed by atoms with E-state index in [-0.39, 0.29) is 31.4 Å². The van der Waals surface area contributed by atoms with Crippen molar-refractivity contribution in [2.45, 2.75) is 57.6 Å². The van der Waals surface area contributed by atoms with E-state index in [9.17, 15) is 22.8 Å². The summed E-state index contributed by atoms with van der Waals surface area (Å²) in [6.45, 7) is 4.55. The van der Waals surface area contributed by atoms with Gasteiger partial charge in [-0.3, -0.25) is 9.59 Å². The summed E-state index contributed by atoms with van der Waals surface area (Å²) in [5, 5.41) is 24.8. The summed E-state index contributed by atoms with van der Waals surface area (Å²) in [5.41, 5.74) is 7.04. The van der Waals surface area contributed by atoms with Gasteiger partial charge >= 0.3 is 12.1 Å². The molecular formula is C27H34F3N7O5. The zero-order chi connectivity index (χ0) is 31.2. The first-order valence-electron chi connectivity index (χ1n) is 12.9. The van der Waals surface area contributed by atoms with Crippen LogP contribution in [0.5, 0.6) is 0 Å². The molecule has 0 fully saturated rings. The Morgan fingerprint density at radius 1 is 1.02 bits per heavy atom. The fourth-order valence-electron chi connectivity index (χ4n) is 3.30. The Balaban J connectivity index is 0.000000782. The van der Waals surface area contributed by atoms with Crippen LogP contribution in [0.2, 0.25) is 0 Å². The molecule has 0 aliphatic rings. The molecule has 12 nitrogen and oxygen atoms in total. The molecule has 5 N–H and O–H groups in total. The van der Waals surface area contributed by atoms with Crippen LogP contribution in [0.15, 0.2) is 60.7 Å². The molecule has 0 aliphatic carbocycles. The Morgan fingerprint density at radius 2 is 1.60 bits per heavy atom. The fourth-order valence-corrected chi connectivity index (χ4v) is 3.30. The maximum Gasteiger partial charge on any atom is 0.490 e. The Bertz CT molecular complexity index is 1270. The number of ether oxygens (including phenoxy) is 1. The SMILES string of the molecule is CC(C)(N)C(=O)N[C@H](COCc1ccccc1)c1nnnn1CCC(=O)NCCc1ccccc1.O=C(O)C(F)(F)F. The van der Waals surface area contributed by atoms with Crippen molar-refractivity contribution < 1.29 is 37.4 Å². The Kier molecular flexibility index (Phi) is 13.0. The number of aliphatic carboxylic acids is 1. The van der Waals surface area contributed by atoms with Crippen molar-refractivity contribution in [2.75, 3.05) is 13.2 Å². The molecule has 1 atom stereocenters. The van der Waals surface area contributed by atoms with Crippen molar-refractivity contribution in [3.8, 4) is 0 Å². The van der Waals surface area contributed by atoms with Gasteiger partial charge in [0.05, 0.1) is 25.3 Å². The highest BCUT2D eigenvalue weighted by Crippen LogP contribution is 2.14. The van der Waals surface area contributed by atoms with Gasteiger partial charge in [0.2, 0.25) is 11.8 Å².